The SMILES string of the molecule is CCNC(=NCC1(c2ccc(OC)cc2)CC1)NC1CCc2nc(COC)nn2C1. The first-order valence-corrected chi connectivity index (χ1v) is 10.8. The van der Waals surface area contributed by atoms with Crippen molar-refractivity contribution in [1.82, 2.24) is 25.4 Å². The number of hydrogen-bond donors (Lipinski definition) is 2. The van der Waals surface area contributed by atoms with Crippen LogP contribution in [0.3, 0.4) is 0 Å². The summed E-state index contributed by atoms with van der Waals surface area (Å²) in [4.78, 5) is 9.51. The van der Waals surface area contributed by atoms with E-state index in [0.717, 1.165) is 55.8 Å². The van der Waals surface area contributed by atoms with Crippen LogP contribution in [-0.2, 0) is 29.7 Å². The summed E-state index contributed by atoms with van der Waals surface area (Å²) >= 11 is 0. The Morgan fingerprint density at radius 2 is 2.07 bits per heavy atom. The highest BCUT2D eigenvalue weighted by atomic mass is 16.5. The number of aliphatic imine (C=N–C) groups is 1. The molecule has 0 amide bonds. The number of aromatic nitrogens is 3. The molecule has 30 heavy (non-hydrogen) atoms. The highest BCUT2D eigenvalue weighted by molar-refractivity contribution is 5.80. The van der Waals surface area contributed by atoms with Crippen molar-refractivity contribution in [3.8, 4) is 5.75 Å². The maximum Gasteiger partial charge on any atom is 0.191 e. The van der Waals surface area contributed by atoms with Crippen LogP contribution in [0.1, 0.15) is 43.4 Å². The van der Waals surface area contributed by atoms with Crippen molar-refractivity contribution in [2.45, 2.75) is 57.2 Å². The van der Waals surface area contributed by atoms with Crippen LogP contribution in [0.15, 0.2) is 29.3 Å². The van der Waals surface area contributed by atoms with E-state index in [1.54, 1.807) is 14.2 Å². The molecule has 1 atom stereocenters. The van der Waals surface area contributed by atoms with Crippen LogP contribution in [0.5, 0.6) is 5.75 Å². The van der Waals surface area contributed by atoms with Gasteiger partial charge in [0.05, 0.1) is 20.2 Å². The van der Waals surface area contributed by atoms with E-state index in [1.165, 1.54) is 18.4 Å². The van der Waals surface area contributed by atoms with Crippen molar-refractivity contribution in [1.29, 1.82) is 0 Å². The summed E-state index contributed by atoms with van der Waals surface area (Å²) in [5.74, 6) is 3.57. The van der Waals surface area contributed by atoms with Crippen LogP contribution in [-0.4, -0.2) is 54.1 Å². The lowest BCUT2D eigenvalue weighted by Crippen LogP contribution is -2.47. The molecule has 0 spiro atoms. The number of methoxy groups -OCH3 is 2. The Hall–Kier alpha value is -2.61. The minimum absolute atomic E-state index is 0.162. The van der Waals surface area contributed by atoms with Crippen LogP contribution < -0.4 is 15.4 Å². The molecular weight excluding hydrogens is 380 g/mol. The lowest BCUT2D eigenvalue weighted by atomic mass is 9.96. The Bertz CT molecular complexity index is 872. The molecule has 2 aliphatic rings. The van der Waals surface area contributed by atoms with Gasteiger partial charge in [0.25, 0.3) is 0 Å². The predicted molar refractivity (Wildman–Crippen MR) is 116 cm³/mol. The van der Waals surface area contributed by atoms with Gasteiger partial charge in [-0.2, -0.15) is 5.10 Å². The van der Waals surface area contributed by atoms with Gasteiger partial charge in [-0.25, -0.2) is 9.67 Å². The van der Waals surface area contributed by atoms with E-state index in [1.807, 2.05) is 16.8 Å². The fourth-order valence-electron chi connectivity index (χ4n) is 4.05. The van der Waals surface area contributed by atoms with Gasteiger partial charge in [0.2, 0.25) is 0 Å². The van der Waals surface area contributed by atoms with Crippen LogP contribution in [0.2, 0.25) is 0 Å². The van der Waals surface area contributed by atoms with Gasteiger partial charge in [-0.15, -0.1) is 0 Å². The van der Waals surface area contributed by atoms with Crippen LogP contribution in [0.4, 0.5) is 0 Å². The highest BCUT2D eigenvalue weighted by Gasteiger charge is 2.44. The molecule has 162 valence electrons. The van der Waals surface area contributed by atoms with Crippen LogP contribution >= 0.6 is 0 Å². The number of fused-ring (bicyclic) bond motifs is 1. The number of benzene rings is 1. The smallest absolute Gasteiger partial charge is 0.191 e. The zero-order valence-corrected chi connectivity index (χ0v) is 18.1. The largest absolute Gasteiger partial charge is 0.497 e. The molecule has 1 fully saturated rings. The molecule has 0 saturated heterocycles. The number of ether oxygens (including phenoxy) is 2. The number of guanidine groups is 1. The molecule has 8 nitrogen and oxygen atoms in total. The van der Waals surface area contributed by atoms with Gasteiger partial charge in [0, 0.05) is 31.5 Å². The first kappa shape index (κ1) is 20.7. The average Bonchev–Trinajstić information content (AvgIpc) is 3.45. The molecule has 8 heteroatoms. The van der Waals surface area contributed by atoms with Crippen molar-refractivity contribution in [2.75, 3.05) is 27.3 Å². The van der Waals surface area contributed by atoms with Gasteiger partial charge in [-0.1, -0.05) is 12.1 Å². The molecule has 1 aromatic heterocycles. The maximum absolute atomic E-state index is 5.29. The lowest BCUT2D eigenvalue weighted by molar-refractivity contribution is 0.177. The molecule has 2 heterocycles. The van der Waals surface area contributed by atoms with Crippen molar-refractivity contribution in [2.24, 2.45) is 4.99 Å². The molecule has 0 bridgehead atoms. The predicted octanol–water partition coefficient (Wildman–Crippen LogP) is 2.03. The van der Waals surface area contributed by atoms with Crippen molar-refractivity contribution < 1.29 is 9.47 Å². The summed E-state index contributed by atoms with van der Waals surface area (Å²) in [6.45, 7) is 4.96. The Morgan fingerprint density at radius 3 is 2.73 bits per heavy atom. The number of aryl methyl sites for hydroxylation is 1. The lowest BCUT2D eigenvalue weighted by Gasteiger charge is -2.25. The van der Waals surface area contributed by atoms with E-state index in [9.17, 15) is 0 Å². The molecule has 1 unspecified atom stereocenters. The molecular formula is C22H32N6O2. The van der Waals surface area contributed by atoms with E-state index < -0.39 is 0 Å². The highest BCUT2D eigenvalue weighted by Crippen LogP contribution is 2.48. The summed E-state index contributed by atoms with van der Waals surface area (Å²) in [7, 11) is 3.37. The zero-order valence-electron chi connectivity index (χ0n) is 18.1. The molecule has 1 saturated carbocycles. The van der Waals surface area contributed by atoms with Gasteiger partial charge in [0.15, 0.2) is 11.8 Å². The number of rotatable bonds is 8. The van der Waals surface area contributed by atoms with Crippen molar-refractivity contribution in [3.63, 3.8) is 0 Å². The summed E-state index contributed by atoms with van der Waals surface area (Å²) < 4.78 is 12.4. The number of nitrogens with zero attached hydrogens (tertiary/aromatic N) is 4. The van der Waals surface area contributed by atoms with Gasteiger partial charge >= 0.3 is 0 Å². The molecule has 2 aromatic rings. The minimum Gasteiger partial charge on any atom is -0.497 e. The van der Waals surface area contributed by atoms with E-state index in [4.69, 9.17) is 14.5 Å². The number of hydrogen-bond acceptors (Lipinski definition) is 5. The molecule has 0 radical (unpaired) electrons. The zero-order chi connectivity index (χ0) is 21.0. The summed E-state index contributed by atoms with van der Waals surface area (Å²) in [5, 5.41) is 11.6. The third-order valence-electron chi connectivity index (χ3n) is 5.96. The Labute approximate surface area is 178 Å². The first-order valence-electron chi connectivity index (χ1n) is 10.8. The fraction of sp³-hybridized carbons (Fsp3) is 0.591. The number of nitrogens with one attached hydrogen (secondary N) is 2. The molecule has 4 rings (SSSR count). The van der Waals surface area contributed by atoms with E-state index in [2.05, 4.69) is 39.8 Å². The summed E-state index contributed by atoms with van der Waals surface area (Å²) in [6.07, 6.45) is 4.27. The molecule has 1 aliphatic heterocycles. The fourth-order valence-corrected chi connectivity index (χ4v) is 4.05. The monoisotopic (exact) mass is 412 g/mol. The Morgan fingerprint density at radius 1 is 1.27 bits per heavy atom. The third kappa shape index (κ3) is 4.59. The molecule has 1 aliphatic carbocycles. The van der Waals surface area contributed by atoms with Crippen molar-refractivity contribution >= 4 is 5.96 Å². The quantitative estimate of drug-likeness (QED) is 0.510. The second-order valence-electron chi connectivity index (χ2n) is 8.14. The van der Waals surface area contributed by atoms with Gasteiger partial charge in [-0.05, 0) is 43.9 Å². The Kier molecular flexibility index (Phi) is 6.22. The van der Waals surface area contributed by atoms with Crippen LogP contribution in [0.25, 0.3) is 0 Å². The first-order chi connectivity index (χ1) is 14.7. The summed E-state index contributed by atoms with van der Waals surface area (Å²) in [6, 6.07) is 8.71. The third-order valence-corrected chi connectivity index (χ3v) is 5.96. The average molecular weight is 413 g/mol. The second-order valence-corrected chi connectivity index (χ2v) is 8.14. The minimum atomic E-state index is 0.162. The van der Waals surface area contributed by atoms with Crippen molar-refractivity contribution in [3.05, 3.63) is 41.5 Å². The van der Waals surface area contributed by atoms with Gasteiger partial charge in [0.1, 0.15) is 18.2 Å². The maximum atomic E-state index is 5.29. The topological polar surface area (TPSA) is 85.6 Å². The van der Waals surface area contributed by atoms with Gasteiger partial charge in [-0.3, -0.25) is 4.99 Å². The van der Waals surface area contributed by atoms with E-state index >= 15 is 0 Å². The standard InChI is InChI=1S/C22H32N6O2/c1-4-23-21(24-15-22(11-12-22)16-5-8-18(30-3)9-6-16)25-17-7-10-20-26-19(14-29-2)27-28(20)13-17/h5-6,8-9,17H,4,7,10-15H2,1-3H3,(H2,23,24,25). The van der Waals surface area contributed by atoms with Crippen LogP contribution in [0, 0.1) is 0 Å². The Balaban J connectivity index is 1.40. The second kappa shape index (κ2) is 9.04. The molecule has 2 N–H and O–H groups in total. The van der Waals surface area contributed by atoms with E-state index in [0.29, 0.717) is 6.61 Å². The summed E-state index contributed by atoms with van der Waals surface area (Å²) in [5.41, 5.74) is 1.51. The van der Waals surface area contributed by atoms with E-state index in [-0.39, 0.29) is 11.5 Å². The molecule has 1 aromatic carbocycles. The van der Waals surface area contributed by atoms with Gasteiger partial charge < -0.3 is 20.1 Å². The normalized spacial score (nSPS) is 19.8.